The fraction of sp³-hybridized carbons (Fsp3) is 0.176. The standard InChI is InChI=1S/C17H15N/c1-17(2)15-12-6-4-3-5-11(12)7-8-13(15)14-9-10-18-16(14)17/h3-10,18H,1-2H3. The van der Waals surface area contributed by atoms with Gasteiger partial charge in [-0.25, -0.2) is 0 Å². The fourth-order valence-electron chi connectivity index (χ4n) is 3.41. The average molecular weight is 233 g/mol. The smallest absolute Gasteiger partial charge is 0.0329 e. The van der Waals surface area contributed by atoms with Crippen molar-refractivity contribution >= 4 is 10.8 Å². The van der Waals surface area contributed by atoms with Gasteiger partial charge in [0.2, 0.25) is 0 Å². The summed E-state index contributed by atoms with van der Waals surface area (Å²) in [6.45, 7) is 4.61. The quantitative estimate of drug-likeness (QED) is 0.589. The van der Waals surface area contributed by atoms with E-state index in [0.717, 1.165) is 0 Å². The lowest BCUT2D eigenvalue weighted by Gasteiger charge is -2.22. The largest absolute Gasteiger partial charge is 0.364 e. The Bertz CT molecular complexity index is 762. The second kappa shape index (κ2) is 3.05. The van der Waals surface area contributed by atoms with E-state index in [1.54, 1.807) is 0 Å². The van der Waals surface area contributed by atoms with Gasteiger partial charge in [-0.05, 0) is 28.0 Å². The molecule has 1 aromatic heterocycles. The van der Waals surface area contributed by atoms with Crippen molar-refractivity contribution in [3.63, 3.8) is 0 Å². The Kier molecular flexibility index (Phi) is 1.69. The number of H-pyrrole nitrogens is 1. The molecule has 0 saturated heterocycles. The van der Waals surface area contributed by atoms with Gasteiger partial charge in [0, 0.05) is 22.9 Å². The topological polar surface area (TPSA) is 15.8 Å². The number of nitrogens with one attached hydrogen (secondary N) is 1. The monoisotopic (exact) mass is 233 g/mol. The average Bonchev–Trinajstić information content (AvgIpc) is 2.93. The number of aromatic nitrogens is 1. The summed E-state index contributed by atoms with van der Waals surface area (Å²) in [4.78, 5) is 3.42. The van der Waals surface area contributed by atoms with Crippen LogP contribution in [0.4, 0.5) is 0 Å². The molecule has 0 bridgehead atoms. The number of benzene rings is 2. The Hall–Kier alpha value is -2.02. The van der Waals surface area contributed by atoms with Gasteiger partial charge in [0.25, 0.3) is 0 Å². The van der Waals surface area contributed by atoms with E-state index in [0.29, 0.717) is 0 Å². The Morgan fingerprint density at radius 3 is 2.61 bits per heavy atom. The highest BCUT2D eigenvalue weighted by atomic mass is 14.7. The summed E-state index contributed by atoms with van der Waals surface area (Å²) in [5.74, 6) is 0. The zero-order chi connectivity index (χ0) is 12.3. The van der Waals surface area contributed by atoms with Gasteiger partial charge in [-0.15, -0.1) is 0 Å². The van der Waals surface area contributed by atoms with E-state index in [9.17, 15) is 0 Å². The predicted molar refractivity (Wildman–Crippen MR) is 75.9 cm³/mol. The molecule has 1 nitrogen and oxygen atoms in total. The Morgan fingerprint density at radius 2 is 1.72 bits per heavy atom. The predicted octanol–water partition coefficient (Wildman–Crippen LogP) is 4.47. The van der Waals surface area contributed by atoms with Crippen molar-refractivity contribution in [1.29, 1.82) is 0 Å². The molecule has 0 atom stereocenters. The molecule has 1 heteroatoms. The first-order chi connectivity index (χ1) is 8.69. The van der Waals surface area contributed by atoms with Gasteiger partial charge in [-0.2, -0.15) is 0 Å². The van der Waals surface area contributed by atoms with Crippen LogP contribution >= 0.6 is 0 Å². The lowest BCUT2D eigenvalue weighted by Crippen LogP contribution is -2.16. The minimum Gasteiger partial charge on any atom is -0.364 e. The zero-order valence-corrected chi connectivity index (χ0v) is 10.6. The maximum absolute atomic E-state index is 3.42. The minimum absolute atomic E-state index is 0.0645. The number of hydrogen-bond donors (Lipinski definition) is 1. The van der Waals surface area contributed by atoms with Crippen LogP contribution in [-0.4, -0.2) is 4.98 Å². The molecular formula is C17H15N. The van der Waals surface area contributed by atoms with Gasteiger partial charge < -0.3 is 4.98 Å². The SMILES string of the molecule is CC1(C)c2[nH]ccc2-c2ccc3ccccc3c21. The van der Waals surface area contributed by atoms with E-state index in [-0.39, 0.29) is 5.41 Å². The summed E-state index contributed by atoms with van der Waals surface area (Å²) in [5.41, 5.74) is 5.61. The van der Waals surface area contributed by atoms with Gasteiger partial charge in [0.1, 0.15) is 0 Å². The molecular weight excluding hydrogens is 218 g/mol. The molecule has 88 valence electrons. The highest BCUT2D eigenvalue weighted by molar-refractivity contribution is 5.96. The van der Waals surface area contributed by atoms with Crippen molar-refractivity contribution in [2.24, 2.45) is 0 Å². The molecule has 0 amide bonds. The molecule has 2 aromatic carbocycles. The summed E-state index contributed by atoms with van der Waals surface area (Å²) in [7, 11) is 0. The molecule has 0 aliphatic heterocycles. The molecule has 0 fully saturated rings. The second-order valence-electron chi connectivity index (χ2n) is 5.60. The fourth-order valence-corrected chi connectivity index (χ4v) is 3.41. The molecule has 1 N–H and O–H groups in total. The third-order valence-electron chi connectivity index (χ3n) is 4.22. The summed E-state index contributed by atoms with van der Waals surface area (Å²) < 4.78 is 0. The van der Waals surface area contributed by atoms with Crippen molar-refractivity contribution < 1.29 is 0 Å². The zero-order valence-electron chi connectivity index (χ0n) is 10.6. The van der Waals surface area contributed by atoms with Crippen molar-refractivity contribution in [1.82, 2.24) is 4.98 Å². The first-order valence-corrected chi connectivity index (χ1v) is 6.40. The maximum atomic E-state index is 3.42. The molecule has 4 rings (SSSR count). The van der Waals surface area contributed by atoms with Gasteiger partial charge >= 0.3 is 0 Å². The molecule has 1 heterocycles. The summed E-state index contributed by atoms with van der Waals surface area (Å²) in [6.07, 6.45) is 2.05. The van der Waals surface area contributed by atoms with Gasteiger partial charge in [0.05, 0.1) is 0 Å². The summed E-state index contributed by atoms with van der Waals surface area (Å²) >= 11 is 0. The Balaban J connectivity index is 2.21. The minimum atomic E-state index is 0.0645. The molecule has 0 unspecified atom stereocenters. The number of rotatable bonds is 0. The lowest BCUT2D eigenvalue weighted by atomic mass is 9.82. The molecule has 1 aliphatic carbocycles. The first kappa shape index (κ1) is 9.95. The third kappa shape index (κ3) is 1.02. The van der Waals surface area contributed by atoms with Crippen LogP contribution in [-0.2, 0) is 5.41 Å². The van der Waals surface area contributed by atoms with Crippen LogP contribution in [0.15, 0.2) is 48.7 Å². The van der Waals surface area contributed by atoms with Crippen molar-refractivity contribution in [3.8, 4) is 11.1 Å². The molecule has 1 aliphatic rings. The lowest BCUT2D eigenvalue weighted by molar-refractivity contribution is 0.645. The van der Waals surface area contributed by atoms with Crippen LogP contribution in [0.5, 0.6) is 0 Å². The van der Waals surface area contributed by atoms with Crippen molar-refractivity contribution in [2.75, 3.05) is 0 Å². The Labute approximate surface area is 106 Å². The highest BCUT2D eigenvalue weighted by Gasteiger charge is 2.37. The number of fused-ring (bicyclic) bond motifs is 5. The van der Waals surface area contributed by atoms with Gasteiger partial charge in [-0.1, -0.05) is 50.2 Å². The summed E-state index contributed by atoms with van der Waals surface area (Å²) in [5, 5.41) is 2.71. The Morgan fingerprint density at radius 1 is 0.889 bits per heavy atom. The molecule has 0 radical (unpaired) electrons. The van der Waals surface area contributed by atoms with Crippen molar-refractivity contribution in [2.45, 2.75) is 19.3 Å². The summed E-state index contributed by atoms with van der Waals surface area (Å²) in [6, 6.07) is 15.4. The van der Waals surface area contributed by atoms with E-state index in [2.05, 4.69) is 61.3 Å². The van der Waals surface area contributed by atoms with Crippen LogP contribution in [0.3, 0.4) is 0 Å². The first-order valence-electron chi connectivity index (χ1n) is 6.40. The van der Waals surface area contributed by atoms with E-state index in [1.807, 2.05) is 6.20 Å². The maximum Gasteiger partial charge on any atom is 0.0329 e. The van der Waals surface area contributed by atoms with Crippen LogP contribution in [0.25, 0.3) is 21.9 Å². The van der Waals surface area contributed by atoms with Crippen LogP contribution in [0, 0.1) is 0 Å². The highest BCUT2D eigenvalue weighted by Crippen LogP contribution is 2.50. The third-order valence-corrected chi connectivity index (χ3v) is 4.22. The number of aromatic amines is 1. The molecule has 18 heavy (non-hydrogen) atoms. The molecule has 0 saturated carbocycles. The van der Waals surface area contributed by atoms with Crippen molar-refractivity contribution in [3.05, 3.63) is 59.9 Å². The van der Waals surface area contributed by atoms with Crippen LogP contribution in [0.1, 0.15) is 25.1 Å². The second-order valence-corrected chi connectivity index (χ2v) is 5.60. The normalized spacial score (nSPS) is 15.7. The van der Waals surface area contributed by atoms with E-state index in [4.69, 9.17) is 0 Å². The van der Waals surface area contributed by atoms with E-state index >= 15 is 0 Å². The van der Waals surface area contributed by atoms with Gasteiger partial charge in [-0.3, -0.25) is 0 Å². The van der Waals surface area contributed by atoms with E-state index < -0.39 is 0 Å². The van der Waals surface area contributed by atoms with Gasteiger partial charge in [0.15, 0.2) is 0 Å². The van der Waals surface area contributed by atoms with Crippen LogP contribution in [0.2, 0.25) is 0 Å². The van der Waals surface area contributed by atoms with E-state index in [1.165, 1.54) is 33.2 Å². The number of hydrogen-bond acceptors (Lipinski definition) is 0. The van der Waals surface area contributed by atoms with Crippen LogP contribution < -0.4 is 0 Å². The molecule has 0 spiro atoms. The molecule has 3 aromatic rings.